The van der Waals surface area contributed by atoms with Crippen LogP contribution in [-0.4, -0.2) is 31.1 Å². The Morgan fingerprint density at radius 3 is 2.68 bits per heavy atom. The summed E-state index contributed by atoms with van der Waals surface area (Å²) in [7, 11) is 0. The van der Waals surface area contributed by atoms with E-state index in [-0.39, 0.29) is 0 Å². The Hall–Kier alpha value is 0.1000. The summed E-state index contributed by atoms with van der Waals surface area (Å²) in [6.07, 6.45) is 3.79. The summed E-state index contributed by atoms with van der Waals surface area (Å²) in [4.78, 5) is 2.62. The van der Waals surface area contributed by atoms with E-state index in [0.29, 0.717) is 6.04 Å². The van der Waals surface area contributed by atoms with Crippen LogP contribution in [0.5, 0.6) is 0 Å². The van der Waals surface area contributed by atoms with Crippen molar-refractivity contribution in [2.45, 2.75) is 32.2 Å². The first-order chi connectivity index (χ1) is 9.22. The number of benzene rings is 1. The lowest BCUT2D eigenvalue weighted by molar-refractivity contribution is 0.162. The number of hydrogen-bond acceptors (Lipinski definition) is 2. The molecule has 0 amide bonds. The second kappa shape index (κ2) is 7.77. The molecule has 1 aromatic rings. The van der Waals surface area contributed by atoms with Crippen LogP contribution in [0, 0.1) is 0 Å². The fourth-order valence-corrected chi connectivity index (χ4v) is 3.59. The van der Waals surface area contributed by atoms with Crippen LogP contribution in [0.25, 0.3) is 0 Å². The summed E-state index contributed by atoms with van der Waals surface area (Å²) in [5.74, 6) is 0. The minimum atomic E-state index is 0.536. The minimum absolute atomic E-state index is 0.536. The highest BCUT2D eigenvalue weighted by Crippen LogP contribution is 2.34. The Balaban J connectivity index is 2.22. The van der Waals surface area contributed by atoms with Crippen molar-refractivity contribution in [1.29, 1.82) is 0 Å². The summed E-state index contributed by atoms with van der Waals surface area (Å²) < 4.78 is 2.40. The molecule has 106 valence electrons. The molecule has 0 aromatic heterocycles. The van der Waals surface area contributed by atoms with Crippen molar-refractivity contribution in [2.75, 3.05) is 26.2 Å². The maximum Gasteiger partial charge on any atom is 0.0360 e. The highest BCUT2D eigenvalue weighted by molar-refractivity contribution is 9.11. The average molecular weight is 390 g/mol. The SMILES string of the molecule is CCCC[C@@H](c1cc(Br)ccc1Br)N1CCNCC1. The molecule has 1 aliphatic heterocycles. The van der Waals surface area contributed by atoms with Gasteiger partial charge in [-0.25, -0.2) is 0 Å². The third-order valence-electron chi connectivity index (χ3n) is 3.74. The molecule has 0 unspecified atom stereocenters. The summed E-state index contributed by atoms with van der Waals surface area (Å²) in [5, 5.41) is 3.44. The lowest BCUT2D eigenvalue weighted by Crippen LogP contribution is -2.45. The van der Waals surface area contributed by atoms with Crippen LogP contribution in [-0.2, 0) is 0 Å². The van der Waals surface area contributed by atoms with Gasteiger partial charge in [-0.05, 0) is 30.2 Å². The van der Waals surface area contributed by atoms with Crippen molar-refractivity contribution in [1.82, 2.24) is 10.2 Å². The number of unbranched alkanes of at least 4 members (excludes halogenated alkanes) is 1. The predicted octanol–water partition coefficient (Wildman–Crippen LogP) is 4.35. The first-order valence-corrected chi connectivity index (χ1v) is 8.70. The van der Waals surface area contributed by atoms with Gasteiger partial charge in [0.05, 0.1) is 0 Å². The number of rotatable bonds is 5. The average Bonchev–Trinajstić information content (AvgIpc) is 2.44. The summed E-state index contributed by atoms with van der Waals surface area (Å²) in [6, 6.07) is 7.06. The standard InChI is InChI=1S/C15H22Br2N2/c1-2-3-4-15(19-9-7-18-8-10-19)13-11-12(16)5-6-14(13)17/h5-6,11,15,18H,2-4,7-10H2,1H3/t15-/m0/s1. The van der Waals surface area contributed by atoms with E-state index in [4.69, 9.17) is 0 Å². The second-order valence-corrected chi connectivity index (χ2v) is 6.88. The lowest BCUT2D eigenvalue weighted by Gasteiger charge is -2.36. The Morgan fingerprint density at radius 1 is 1.26 bits per heavy atom. The van der Waals surface area contributed by atoms with Crippen molar-refractivity contribution >= 4 is 31.9 Å². The fraction of sp³-hybridized carbons (Fsp3) is 0.600. The molecule has 1 N–H and O–H groups in total. The second-order valence-electron chi connectivity index (χ2n) is 5.11. The number of nitrogens with zero attached hydrogens (tertiary/aromatic N) is 1. The van der Waals surface area contributed by atoms with Crippen LogP contribution in [0.1, 0.15) is 37.8 Å². The molecule has 1 aliphatic rings. The molecule has 19 heavy (non-hydrogen) atoms. The smallest absolute Gasteiger partial charge is 0.0360 e. The van der Waals surface area contributed by atoms with E-state index in [9.17, 15) is 0 Å². The lowest BCUT2D eigenvalue weighted by atomic mass is 9.99. The maximum absolute atomic E-state index is 3.73. The van der Waals surface area contributed by atoms with Crippen LogP contribution < -0.4 is 5.32 Å². The van der Waals surface area contributed by atoms with Crippen LogP contribution in [0.2, 0.25) is 0 Å². The van der Waals surface area contributed by atoms with E-state index >= 15 is 0 Å². The van der Waals surface area contributed by atoms with Gasteiger partial charge >= 0.3 is 0 Å². The quantitative estimate of drug-likeness (QED) is 0.805. The van der Waals surface area contributed by atoms with Gasteiger partial charge in [0.25, 0.3) is 0 Å². The van der Waals surface area contributed by atoms with Crippen molar-refractivity contribution in [3.8, 4) is 0 Å². The number of halogens is 2. The van der Waals surface area contributed by atoms with Crippen molar-refractivity contribution in [3.05, 3.63) is 32.7 Å². The van der Waals surface area contributed by atoms with Gasteiger partial charge < -0.3 is 5.32 Å². The normalized spacial score (nSPS) is 18.5. The maximum atomic E-state index is 3.73. The molecule has 1 fully saturated rings. The highest BCUT2D eigenvalue weighted by Gasteiger charge is 2.23. The fourth-order valence-electron chi connectivity index (χ4n) is 2.70. The minimum Gasteiger partial charge on any atom is -0.314 e. The first kappa shape index (κ1) is 15.5. The van der Waals surface area contributed by atoms with Crippen LogP contribution >= 0.6 is 31.9 Å². The molecule has 4 heteroatoms. The number of nitrogens with one attached hydrogen (secondary N) is 1. The van der Waals surface area contributed by atoms with Crippen LogP contribution in [0.15, 0.2) is 27.1 Å². The van der Waals surface area contributed by atoms with Gasteiger partial charge in [0.2, 0.25) is 0 Å². The third kappa shape index (κ3) is 4.28. The number of piperazine rings is 1. The van der Waals surface area contributed by atoms with Crippen molar-refractivity contribution < 1.29 is 0 Å². The zero-order chi connectivity index (χ0) is 13.7. The molecule has 1 atom stereocenters. The van der Waals surface area contributed by atoms with E-state index in [1.807, 2.05) is 0 Å². The van der Waals surface area contributed by atoms with E-state index in [1.54, 1.807) is 0 Å². The summed E-state index contributed by atoms with van der Waals surface area (Å²) >= 11 is 7.33. The topological polar surface area (TPSA) is 15.3 Å². The van der Waals surface area contributed by atoms with Crippen LogP contribution in [0.4, 0.5) is 0 Å². The van der Waals surface area contributed by atoms with E-state index < -0.39 is 0 Å². The molecule has 0 radical (unpaired) electrons. The number of hydrogen-bond donors (Lipinski definition) is 1. The van der Waals surface area contributed by atoms with Gasteiger partial charge in [-0.2, -0.15) is 0 Å². The van der Waals surface area contributed by atoms with Gasteiger partial charge in [0, 0.05) is 41.2 Å². The van der Waals surface area contributed by atoms with Crippen LogP contribution in [0.3, 0.4) is 0 Å². The molecular formula is C15H22Br2N2. The molecule has 0 spiro atoms. The largest absolute Gasteiger partial charge is 0.314 e. The summed E-state index contributed by atoms with van der Waals surface area (Å²) in [5.41, 5.74) is 1.42. The summed E-state index contributed by atoms with van der Waals surface area (Å²) in [6.45, 7) is 6.77. The Kier molecular flexibility index (Phi) is 6.33. The first-order valence-electron chi connectivity index (χ1n) is 7.12. The van der Waals surface area contributed by atoms with Gasteiger partial charge in [0.1, 0.15) is 0 Å². The Morgan fingerprint density at radius 2 is 2.00 bits per heavy atom. The third-order valence-corrected chi connectivity index (χ3v) is 4.96. The Labute approximate surface area is 133 Å². The molecule has 2 rings (SSSR count). The van der Waals surface area contributed by atoms with Gasteiger partial charge in [-0.3, -0.25) is 4.90 Å². The molecule has 0 saturated carbocycles. The molecule has 1 heterocycles. The van der Waals surface area contributed by atoms with Gasteiger partial charge in [0.15, 0.2) is 0 Å². The monoisotopic (exact) mass is 388 g/mol. The van der Waals surface area contributed by atoms with Gasteiger partial charge in [-0.15, -0.1) is 0 Å². The molecule has 2 nitrogen and oxygen atoms in total. The van der Waals surface area contributed by atoms with Crippen molar-refractivity contribution in [3.63, 3.8) is 0 Å². The van der Waals surface area contributed by atoms with E-state index in [0.717, 1.165) is 26.2 Å². The van der Waals surface area contributed by atoms with E-state index in [1.165, 1.54) is 33.8 Å². The zero-order valence-corrected chi connectivity index (χ0v) is 14.6. The van der Waals surface area contributed by atoms with E-state index in [2.05, 4.69) is 67.2 Å². The van der Waals surface area contributed by atoms with Crippen molar-refractivity contribution in [2.24, 2.45) is 0 Å². The highest BCUT2D eigenvalue weighted by atomic mass is 79.9. The Bertz CT molecular complexity index is 403. The molecule has 1 aromatic carbocycles. The molecule has 1 saturated heterocycles. The molecule has 0 aliphatic carbocycles. The molecular weight excluding hydrogens is 368 g/mol. The predicted molar refractivity (Wildman–Crippen MR) is 88.6 cm³/mol. The van der Waals surface area contributed by atoms with Gasteiger partial charge in [-0.1, -0.05) is 51.6 Å². The molecule has 0 bridgehead atoms. The zero-order valence-electron chi connectivity index (χ0n) is 11.5.